The van der Waals surface area contributed by atoms with E-state index < -0.39 is 11.8 Å². The predicted octanol–water partition coefficient (Wildman–Crippen LogP) is 4.51. The molecule has 0 saturated carbocycles. The Morgan fingerprint density at radius 2 is 1.61 bits per heavy atom. The van der Waals surface area contributed by atoms with Crippen LogP contribution < -0.4 is 24.8 Å². The minimum atomic E-state index is -0.474. The average Bonchev–Trinajstić information content (AvgIpc) is 2.85. The van der Waals surface area contributed by atoms with Crippen LogP contribution in [0.4, 0.5) is 5.69 Å². The number of carbonyl (C=O) groups is 2. The molecule has 0 aliphatic carbocycles. The lowest BCUT2D eigenvalue weighted by Crippen LogP contribution is -2.30. The summed E-state index contributed by atoms with van der Waals surface area (Å²) < 4.78 is 16.1. The van der Waals surface area contributed by atoms with Gasteiger partial charge in [0.1, 0.15) is 11.4 Å². The smallest absolute Gasteiger partial charge is 0.272 e. The Labute approximate surface area is 193 Å². The van der Waals surface area contributed by atoms with E-state index in [2.05, 4.69) is 10.6 Å². The van der Waals surface area contributed by atoms with Gasteiger partial charge in [-0.1, -0.05) is 24.3 Å². The second-order valence-electron chi connectivity index (χ2n) is 6.90. The van der Waals surface area contributed by atoms with E-state index in [1.165, 1.54) is 0 Å². The molecule has 3 aromatic carbocycles. The van der Waals surface area contributed by atoms with Crippen LogP contribution in [0.2, 0.25) is 0 Å². The second kappa shape index (κ2) is 11.4. The second-order valence-corrected chi connectivity index (χ2v) is 6.90. The lowest BCUT2D eigenvalue weighted by Gasteiger charge is -2.13. The van der Waals surface area contributed by atoms with Crippen molar-refractivity contribution < 1.29 is 23.8 Å². The summed E-state index contributed by atoms with van der Waals surface area (Å²) >= 11 is 0. The van der Waals surface area contributed by atoms with Crippen LogP contribution in [-0.2, 0) is 4.79 Å². The molecule has 0 aliphatic rings. The molecule has 0 bridgehead atoms. The monoisotopic (exact) mass is 446 g/mol. The van der Waals surface area contributed by atoms with Gasteiger partial charge >= 0.3 is 0 Å². The van der Waals surface area contributed by atoms with E-state index in [0.717, 1.165) is 0 Å². The number of carbonyl (C=O) groups excluding carboxylic acids is 2. The van der Waals surface area contributed by atoms with E-state index in [1.807, 2.05) is 13.0 Å². The van der Waals surface area contributed by atoms with Gasteiger partial charge in [0, 0.05) is 11.3 Å². The Hall–Kier alpha value is -4.26. The molecule has 170 valence electrons. The number of rotatable bonds is 9. The first-order valence-corrected chi connectivity index (χ1v) is 10.4. The minimum Gasteiger partial charge on any atom is -0.497 e. The molecule has 0 saturated heterocycles. The molecule has 33 heavy (non-hydrogen) atoms. The summed E-state index contributed by atoms with van der Waals surface area (Å²) in [7, 11) is 3.13. The highest BCUT2D eigenvalue weighted by atomic mass is 16.5. The fourth-order valence-corrected chi connectivity index (χ4v) is 3.03. The van der Waals surface area contributed by atoms with Crippen molar-refractivity contribution in [2.45, 2.75) is 6.92 Å². The van der Waals surface area contributed by atoms with Crippen LogP contribution in [-0.4, -0.2) is 32.6 Å². The number of anilines is 1. The van der Waals surface area contributed by atoms with E-state index in [-0.39, 0.29) is 5.70 Å². The Morgan fingerprint density at radius 3 is 2.24 bits per heavy atom. The lowest BCUT2D eigenvalue weighted by atomic mass is 10.1. The maximum absolute atomic E-state index is 13.1. The van der Waals surface area contributed by atoms with Crippen molar-refractivity contribution in [2.24, 2.45) is 0 Å². The molecule has 7 heteroatoms. The Kier molecular flexibility index (Phi) is 8.07. The minimum absolute atomic E-state index is 0.0762. The van der Waals surface area contributed by atoms with Crippen molar-refractivity contribution in [3.63, 3.8) is 0 Å². The van der Waals surface area contributed by atoms with E-state index >= 15 is 0 Å². The summed E-state index contributed by atoms with van der Waals surface area (Å²) in [6.07, 6.45) is 1.58. The molecular weight excluding hydrogens is 420 g/mol. The van der Waals surface area contributed by atoms with Gasteiger partial charge in [-0.25, -0.2) is 0 Å². The summed E-state index contributed by atoms with van der Waals surface area (Å²) in [5, 5.41) is 5.52. The number of nitrogens with one attached hydrogen (secondary N) is 2. The van der Waals surface area contributed by atoms with E-state index in [9.17, 15) is 9.59 Å². The first-order chi connectivity index (χ1) is 16.0. The highest BCUT2D eigenvalue weighted by Gasteiger charge is 2.16. The van der Waals surface area contributed by atoms with Crippen molar-refractivity contribution in [2.75, 3.05) is 26.1 Å². The van der Waals surface area contributed by atoms with Gasteiger partial charge in [0.15, 0.2) is 11.5 Å². The number of hydrogen-bond donors (Lipinski definition) is 2. The Balaban J connectivity index is 1.92. The normalized spacial score (nSPS) is 10.8. The van der Waals surface area contributed by atoms with E-state index in [4.69, 9.17) is 14.2 Å². The molecule has 0 atom stereocenters. The predicted molar refractivity (Wildman–Crippen MR) is 128 cm³/mol. The van der Waals surface area contributed by atoms with Crippen LogP contribution in [0.15, 0.2) is 78.5 Å². The van der Waals surface area contributed by atoms with Crippen molar-refractivity contribution in [1.29, 1.82) is 0 Å². The van der Waals surface area contributed by atoms with Crippen LogP contribution in [0.25, 0.3) is 6.08 Å². The number of ether oxygens (including phenoxy) is 3. The third-order valence-corrected chi connectivity index (χ3v) is 4.68. The maximum atomic E-state index is 13.1. The third-order valence-electron chi connectivity index (χ3n) is 4.68. The lowest BCUT2D eigenvalue weighted by molar-refractivity contribution is -0.113. The Morgan fingerprint density at radius 1 is 0.879 bits per heavy atom. The van der Waals surface area contributed by atoms with Gasteiger partial charge in [-0.2, -0.15) is 0 Å². The highest BCUT2D eigenvalue weighted by Crippen LogP contribution is 2.29. The quantitative estimate of drug-likeness (QED) is 0.472. The van der Waals surface area contributed by atoms with E-state index in [1.54, 1.807) is 87.0 Å². The fourth-order valence-electron chi connectivity index (χ4n) is 3.03. The van der Waals surface area contributed by atoms with Crippen LogP contribution in [0.5, 0.6) is 17.2 Å². The summed E-state index contributed by atoms with van der Waals surface area (Å²) in [5.74, 6) is 0.913. The van der Waals surface area contributed by atoms with Crippen molar-refractivity contribution in [3.8, 4) is 17.2 Å². The van der Waals surface area contributed by atoms with Gasteiger partial charge in [-0.05, 0) is 67.1 Å². The van der Waals surface area contributed by atoms with Gasteiger partial charge < -0.3 is 24.8 Å². The maximum Gasteiger partial charge on any atom is 0.272 e. The molecule has 0 spiro atoms. The summed E-state index contributed by atoms with van der Waals surface area (Å²) in [4.78, 5) is 25.9. The standard InChI is InChI=1S/C26H26N2O5/c1-4-33-24-17-18(10-15-23(24)32-3)16-22(28-25(29)19-8-6-5-7-9-19)26(30)27-20-11-13-21(31-2)14-12-20/h5-17H,4H2,1-3H3,(H,27,30)(H,28,29). The topological polar surface area (TPSA) is 85.9 Å². The molecule has 3 rings (SSSR count). The zero-order valence-corrected chi connectivity index (χ0v) is 18.8. The molecule has 0 aromatic heterocycles. The largest absolute Gasteiger partial charge is 0.497 e. The number of benzene rings is 3. The van der Waals surface area contributed by atoms with Crippen LogP contribution in [0.1, 0.15) is 22.8 Å². The molecule has 0 radical (unpaired) electrons. The molecule has 0 heterocycles. The van der Waals surface area contributed by atoms with Crippen molar-refractivity contribution in [3.05, 3.63) is 89.6 Å². The highest BCUT2D eigenvalue weighted by molar-refractivity contribution is 6.10. The number of amides is 2. The number of methoxy groups -OCH3 is 2. The summed E-state index contributed by atoms with van der Waals surface area (Å²) in [5.41, 5.74) is 1.73. The summed E-state index contributed by atoms with van der Waals surface area (Å²) in [6.45, 7) is 2.33. The van der Waals surface area contributed by atoms with Gasteiger partial charge in [-0.15, -0.1) is 0 Å². The van der Waals surface area contributed by atoms with Gasteiger partial charge in [0.25, 0.3) is 11.8 Å². The first-order valence-electron chi connectivity index (χ1n) is 10.4. The van der Waals surface area contributed by atoms with Crippen molar-refractivity contribution >= 4 is 23.6 Å². The van der Waals surface area contributed by atoms with Crippen LogP contribution >= 0.6 is 0 Å². The Bertz CT molecular complexity index is 1130. The molecule has 2 amide bonds. The molecule has 0 aliphatic heterocycles. The zero-order valence-electron chi connectivity index (χ0n) is 18.8. The van der Waals surface area contributed by atoms with Gasteiger partial charge in [0.2, 0.25) is 0 Å². The zero-order chi connectivity index (χ0) is 23.6. The first kappa shape index (κ1) is 23.4. The third kappa shape index (κ3) is 6.36. The fraction of sp³-hybridized carbons (Fsp3) is 0.154. The summed E-state index contributed by atoms with van der Waals surface area (Å²) in [6, 6.07) is 20.9. The SMILES string of the molecule is CCOc1cc(C=C(NC(=O)c2ccccc2)C(=O)Nc2ccc(OC)cc2)ccc1OC. The van der Waals surface area contributed by atoms with Crippen molar-refractivity contribution in [1.82, 2.24) is 5.32 Å². The van der Waals surface area contributed by atoms with Crippen LogP contribution in [0.3, 0.4) is 0 Å². The number of hydrogen-bond acceptors (Lipinski definition) is 5. The molecule has 0 fully saturated rings. The molecule has 3 aromatic rings. The average molecular weight is 447 g/mol. The van der Waals surface area contributed by atoms with Crippen LogP contribution in [0, 0.1) is 0 Å². The van der Waals surface area contributed by atoms with Gasteiger partial charge in [0.05, 0.1) is 20.8 Å². The molecule has 0 unspecified atom stereocenters. The molecular formula is C26H26N2O5. The van der Waals surface area contributed by atoms with Gasteiger partial charge in [-0.3, -0.25) is 9.59 Å². The van der Waals surface area contributed by atoms with E-state index in [0.29, 0.717) is 40.7 Å². The molecule has 2 N–H and O–H groups in total. The molecule has 7 nitrogen and oxygen atoms in total.